The van der Waals surface area contributed by atoms with E-state index in [9.17, 15) is 4.79 Å². The lowest BCUT2D eigenvalue weighted by Gasteiger charge is -2.08. The summed E-state index contributed by atoms with van der Waals surface area (Å²) in [4.78, 5) is 16.0. The van der Waals surface area contributed by atoms with Gasteiger partial charge in [-0.2, -0.15) is 0 Å². The number of benzene rings is 1. The van der Waals surface area contributed by atoms with Crippen LogP contribution in [-0.4, -0.2) is 17.4 Å². The monoisotopic (exact) mass is 304 g/mol. The van der Waals surface area contributed by atoms with Crippen molar-refractivity contribution in [1.82, 2.24) is 10.3 Å². The maximum absolute atomic E-state index is 12.1. The smallest absolute Gasteiger partial charge is 0.251 e. The number of aromatic nitrogens is 1. The van der Waals surface area contributed by atoms with Crippen LogP contribution < -0.4 is 16.6 Å². The molecule has 110 valence electrons. The lowest BCUT2D eigenvalue weighted by molar-refractivity contribution is 0.0954. The third-order valence-electron chi connectivity index (χ3n) is 3.15. The maximum Gasteiger partial charge on any atom is 0.251 e. The Kier molecular flexibility index (Phi) is 5.14. The van der Waals surface area contributed by atoms with Crippen LogP contribution in [0.1, 0.15) is 21.5 Å². The number of carbonyl (C=O) groups is 1. The highest BCUT2D eigenvalue weighted by Gasteiger charge is 2.09. The van der Waals surface area contributed by atoms with Gasteiger partial charge in [0, 0.05) is 12.1 Å². The van der Waals surface area contributed by atoms with Gasteiger partial charge in [-0.15, -0.1) is 0 Å². The van der Waals surface area contributed by atoms with Gasteiger partial charge < -0.3 is 10.7 Å². The first kappa shape index (κ1) is 15.3. The van der Waals surface area contributed by atoms with Crippen LogP contribution in [0.3, 0.4) is 0 Å². The van der Waals surface area contributed by atoms with E-state index in [1.54, 1.807) is 6.07 Å². The van der Waals surface area contributed by atoms with Crippen LogP contribution in [0, 0.1) is 6.92 Å². The molecule has 1 heterocycles. The van der Waals surface area contributed by atoms with Gasteiger partial charge in [-0.1, -0.05) is 35.9 Å². The molecule has 1 aromatic heterocycles. The molecule has 0 unspecified atom stereocenters. The summed E-state index contributed by atoms with van der Waals surface area (Å²) in [7, 11) is 0. The number of rotatable bonds is 5. The number of nitrogens with zero attached hydrogens (tertiary/aromatic N) is 1. The van der Waals surface area contributed by atoms with Gasteiger partial charge in [-0.05, 0) is 36.6 Å². The highest BCUT2D eigenvalue weighted by atomic mass is 35.5. The third-order valence-corrected chi connectivity index (χ3v) is 3.34. The fraction of sp³-hybridized carbons (Fsp3) is 0.200. The summed E-state index contributed by atoms with van der Waals surface area (Å²) in [6.07, 6.45) is 0.777. The third kappa shape index (κ3) is 4.18. The van der Waals surface area contributed by atoms with E-state index < -0.39 is 0 Å². The molecule has 0 aliphatic heterocycles. The Morgan fingerprint density at radius 2 is 2.10 bits per heavy atom. The summed E-state index contributed by atoms with van der Waals surface area (Å²) < 4.78 is 0. The molecular formula is C15H17ClN4O. The molecule has 0 saturated carbocycles. The summed E-state index contributed by atoms with van der Waals surface area (Å²) >= 11 is 5.84. The van der Waals surface area contributed by atoms with Crippen molar-refractivity contribution in [3.05, 3.63) is 58.2 Å². The number of pyridine rings is 1. The standard InChI is InChI=1S/C15H17ClN4O/c1-10-4-2-3-5-11(10)6-7-18-15(21)12-8-13(16)19-14(9-12)20-17/h2-5,8-9H,6-7,17H2,1H3,(H,18,21)(H,19,20). The average molecular weight is 305 g/mol. The van der Waals surface area contributed by atoms with E-state index in [0.717, 1.165) is 6.42 Å². The minimum atomic E-state index is -0.204. The molecule has 5 nitrogen and oxygen atoms in total. The van der Waals surface area contributed by atoms with Crippen molar-refractivity contribution in [1.29, 1.82) is 0 Å². The van der Waals surface area contributed by atoms with E-state index in [2.05, 4.69) is 34.8 Å². The number of halogens is 1. The molecule has 4 N–H and O–H groups in total. The quantitative estimate of drug-likeness (QED) is 0.450. The molecule has 0 atom stereocenters. The number of nitrogen functional groups attached to an aromatic ring is 1. The second kappa shape index (κ2) is 7.06. The highest BCUT2D eigenvalue weighted by molar-refractivity contribution is 6.29. The minimum Gasteiger partial charge on any atom is -0.352 e. The lowest BCUT2D eigenvalue weighted by atomic mass is 10.1. The molecule has 0 aliphatic rings. The SMILES string of the molecule is Cc1ccccc1CCNC(=O)c1cc(Cl)nc(NN)c1. The first-order chi connectivity index (χ1) is 10.1. The van der Waals surface area contributed by atoms with Gasteiger partial charge >= 0.3 is 0 Å². The summed E-state index contributed by atoms with van der Waals surface area (Å²) in [5, 5.41) is 3.08. The maximum atomic E-state index is 12.1. The van der Waals surface area contributed by atoms with Crippen molar-refractivity contribution in [2.45, 2.75) is 13.3 Å². The number of anilines is 1. The molecule has 2 rings (SSSR count). The lowest BCUT2D eigenvalue weighted by Crippen LogP contribution is -2.26. The van der Waals surface area contributed by atoms with E-state index in [1.807, 2.05) is 12.1 Å². The Morgan fingerprint density at radius 3 is 2.81 bits per heavy atom. The predicted molar refractivity (Wildman–Crippen MR) is 84.3 cm³/mol. The van der Waals surface area contributed by atoms with Crippen LogP contribution in [0.2, 0.25) is 5.15 Å². The Bertz CT molecular complexity index is 645. The zero-order valence-electron chi connectivity index (χ0n) is 11.7. The second-order valence-electron chi connectivity index (χ2n) is 4.64. The molecule has 6 heteroatoms. The predicted octanol–water partition coefficient (Wildman–Crippen LogP) is 2.30. The van der Waals surface area contributed by atoms with E-state index in [4.69, 9.17) is 17.4 Å². The molecule has 0 radical (unpaired) electrons. The first-order valence-corrected chi connectivity index (χ1v) is 6.95. The molecule has 0 saturated heterocycles. The zero-order chi connectivity index (χ0) is 15.2. The van der Waals surface area contributed by atoms with Gasteiger partial charge in [0.25, 0.3) is 5.91 Å². The second-order valence-corrected chi connectivity index (χ2v) is 5.03. The fourth-order valence-corrected chi connectivity index (χ4v) is 2.21. The van der Waals surface area contributed by atoms with Crippen molar-refractivity contribution >= 4 is 23.3 Å². The van der Waals surface area contributed by atoms with Crippen LogP contribution in [0.5, 0.6) is 0 Å². The van der Waals surface area contributed by atoms with E-state index in [0.29, 0.717) is 17.9 Å². The molecule has 0 fully saturated rings. The van der Waals surface area contributed by atoms with Crippen LogP contribution in [0.15, 0.2) is 36.4 Å². The van der Waals surface area contributed by atoms with Gasteiger partial charge in [-0.25, -0.2) is 10.8 Å². The number of nitrogens with two attached hydrogens (primary N) is 1. The topological polar surface area (TPSA) is 80.0 Å². The summed E-state index contributed by atoms with van der Waals surface area (Å²) in [6, 6.07) is 11.2. The van der Waals surface area contributed by atoms with Crippen LogP contribution in [0.25, 0.3) is 0 Å². The van der Waals surface area contributed by atoms with Gasteiger partial charge in [0.1, 0.15) is 11.0 Å². The first-order valence-electron chi connectivity index (χ1n) is 6.57. The Morgan fingerprint density at radius 1 is 1.33 bits per heavy atom. The molecule has 0 bridgehead atoms. The summed E-state index contributed by atoms with van der Waals surface area (Å²) in [6.45, 7) is 2.61. The van der Waals surface area contributed by atoms with Crippen molar-refractivity contribution in [3.63, 3.8) is 0 Å². The number of carbonyl (C=O) groups excluding carboxylic acids is 1. The molecule has 1 amide bonds. The molecular weight excluding hydrogens is 288 g/mol. The zero-order valence-corrected chi connectivity index (χ0v) is 12.4. The molecule has 1 aromatic carbocycles. The van der Waals surface area contributed by atoms with Crippen molar-refractivity contribution in [2.24, 2.45) is 5.84 Å². The number of hydrogen-bond acceptors (Lipinski definition) is 4. The average Bonchev–Trinajstić information content (AvgIpc) is 2.48. The van der Waals surface area contributed by atoms with Crippen LogP contribution in [-0.2, 0) is 6.42 Å². The van der Waals surface area contributed by atoms with Gasteiger partial charge in [0.2, 0.25) is 0 Å². The van der Waals surface area contributed by atoms with Crippen molar-refractivity contribution < 1.29 is 4.79 Å². The Labute approximate surface area is 128 Å². The number of amides is 1. The van der Waals surface area contributed by atoms with Gasteiger partial charge in [-0.3, -0.25) is 4.79 Å². The summed E-state index contributed by atoms with van der Waals surface area (Å²) in [5.41, 5.74) is 5.23. The highest BCUT2D eigenvalue weighted by Crippen LogP contribution is 2.13. The van der Waals surface area contributed by atoms with E-state index >= 15 is 0 Å². The van der Waals surface area contributed by atoms with E-state index in [-0.39, 0.29) is 11.1 Å². The molecule has 2 aromatic rings. The number of aryl methyl sites for hydroxylation is 1. The minimum absolute atomic E-state index is 0.204. The Balaban J connectivity index is 1.96. The number of hydrogen-bond donors (Lipinski definition) is 3. The van der Waals surface area contributed by atoms with Crippen molar-refractivity contribution in [2.75, 3.05) is 12.0 Å². The van der Waals surface area contributed by atoms with Crippen molar-refractivity contribution in [3.8, 4) is 0 Å². The van der Waals surface area contributed by atoms with E-state index in [1.165, 1.54) is 17.2 Å². The van der Waals surface area contributed by atoms with Gasteiger partial charge in [0.05, 0.1) is 0 Å². The summed E-state index contributed by atoms with van der Waals surface area (Å²) in [5.74, 6) is 5.43. The number of hydrazine groups is 1. The molecule has 21 heavy (non-hydrogen) atoms. The van der Waals surface area contributed by atoms with Crippen LogP contribution >= 0.6 is 11.6 Å². The largest absolute Gasteiger partial charge is 0.352 e. The Hall–Kier alpha value is -2.11. The number of nitrogens with one attached hydrogen (secondary N) is 2. The molecule has 0 aliphatic carbocycles. The normalized spacial score (nSPS) is 10.2. The molecule has 0 spiro atoms. The van der Waals surface area contributed by atoms with Crippen LogP contribution in [0.4, 0.5) is 5.82 Å². The van der Waals surface area contributed by atoms with Gasteiger partial charge in [0.15, 0.2) is 0 Å². The fourth-order valence-electron chi connectivity index (χ4n) is 2.01.